The molecule has 0 spiro atoms. The zero-order valence-corrected chi connectivity index (χ0v) is 22.2. The number of rotatable bonds is 8. The van der Waals surface area contributed by atoms with Gasteiger partial charge in [-0.1, -0.05) is 29.8 Å². The molecule has 3 heterocycles. The fourth-order valence-corrected chi connectivity index (χ4v) is 5.86. The van der Waals surface area contributed by atoms with Crippen LogP contribution < -0.4 is 10.6 Å². The van der Waals surface area contributed by atoms with E-state index in [1.807, 2.05) is 13.0 Å². The van der Waals surface area contributed by atoms with E-state index in [2.05, 4.69) is 53.7 Å². The van der Waals surface area contributed by atoms with Crippen molar-refractivity contribution in [1.82, 2.24) is 19.9 Å². The van der Waals surface area contributed by atoms with Gasteiger partial charge in [-0.05, 0) is 45.2 Å². The fourth-order valence-electron chi connectivity index (χ4n) is 4.83. The number of fused-ring (bicyclic) bond motifs is 1. The van der Waals surface area contributed by atoms with Crippen molar-refractivity contribution in [3.63, 3.8) is 0 Å². The molecule has 0 saturated heterocycles. The number of hydrogen-bond acceptors (Lipinski definition) is 10. The highest BCUT2D eigenvalue weighted by molar-refractivity contribution is 7.21. The summed E-state index contributed by atoms with van der Waals surface area (Å²) in [6.45, 7) is 6.38. The normalized spacial score (nSPS) is 22.3. The highest BCUT2D eigenvalue weighted by Crippen LogP contribution is 2.41. The van der Waals surface area contributed by atoms with Crippen LogP contribution in [-0.4, -0.2) is 55.7 Å². The van der Waals surface area contributed by atoms with Gasteiger partial charge in [0.1, 0.15) is 22.4 Å². The van der Waals surface area contributed by atoms with Crippen molar-refractivity contribution < 1.29 is 14.9 Å². The third-order valence-electron chi connectivity index (χ3n) is 6.96. The first kappa shape index (κ1) is 25.5. The van der Waals surface area contributed by atoms with Crippen LogP contribution in [0.2, 0.25) is 0 Å². The topological polar surface area (TPSA) is 125 Å². The number of aryl methyl sites for hydroxylation is 2. The minimum absolute atomic E-state index is 0.0431. The van der Waals surface area contributed by atoms with Gasteiger partial charge < -0.3 is 25.6 Å². The molecule has 4 N–H and O–H groups in total. The molecule has 3 aromatic heterocycles. The standard InChI is InChI=1S/C27H32N6O3S/c1-15-5-7-18(8-6-15)16(2)29-26-30-17(3)22(25-31-20-13-28-12-10-21(20)37-25)24(32-26)33-27(35)11-9-19(14-36-4)23(27)34/h5-8,10,12-13,16,19,23,34-35H,9,11,14H2,1-4H3,(H2,29,30,32,33). The Morgan fingerprint density at radius 3 is 2.68 bits per heavy atom. The van der Waals surface area contributed by atoms with Crippen molar-refractivity contribution in [2.45, 2.75) is 51.5 Å². The highest BCUT2D eigenvalue weighted by atomic mass is 32.1. The molecule has 37 heavy (non-hydrogen) atoms. The lowest BCUT2D eigenvalue weighted by Gasteiger charge is -2.31. The van der Waals surface area contributed by atoms with Crippen molar-refractivity contribution in [2.75, 3.05) is 24.4 Å². The van der Waals surface area contributed by atoms with Gasteiger partial charge in [0.05, 0.1) is 34.8 Å². The van der Waals surface area contributed by atoms with Crippen LogP contribution in [0.5, 0.6) is 0 Å². The van der Waals surface area contributed by atoms with Crippen LogP contribution in [0.4, 0.5) is 11.8 Å². The van der Waals surface area contributed by atoms with E-state index < -0.39 is 11.8 Å². The Morgan fingerprint density at radius 2 is 1.95 bits per heavy atom. The molecule has 1 aromatic carbocycles. The minimum atomic E-state index is -1.56. The van der Waals surface area contributed by atoms with E-state index in [0.29, 0.717) is 47.5 Å². The molecule has 0 bridgehead atoms. The van der Waals surface area contributed by atoms with E-state index >= 15 is 0 Å². The zero-order valence-electron chi connectivity index (χ0n) is 21.4. The number of aromatic nitrogens is 4. The lowest BCUT2D eigenvalue weighted by molar-refractivity contribution is -0.0574. The number of ether oxygens (including phenoxy) is 1. The summed E-state index contributed by atoms with van der Waals surface area (Å²) in [5.41, 5.74) is 2.91. The van der Waals surface area contributed by atoms with Gasteiger partial charge in [-0.25, -0.2) is 9.97 Å². The third kappa shape index (κ3) is 5.15. The van der Waals surface area contributed by atoms with Gasteiger partial charge in [-0.3, -0.25) is 4.98 Å². The summed E-state index contributed by atoms with van der Waals surface area (Å²) in [6, 6.07) is 10.2. The van der Waals surface area contributed by atoms with E-state index in [4.69, 9.17) is 19.7 Å². The van der Waals surface area contributed by atoms with E-state index in [1.165, 1.54) is 16.9 Å². The van der Waals surface area contributed by atoms with Crippen LogP contribution in [0.3, 0.4) is 0 Å². The highest BCUT2D eigenvalue weighted by Gasteiger charge is 2.47. The second-order valence-corrected chi connectivity index (χ2v) is 10.8. The Kier molecular flexibility index (Phi) is 7.09. The smallest absolute Gasteiger partial charge is 0.225 e. The van der Waals surface area contributed by atoms with Gasteiger partial charge >= 0.3 is 0 Å². The first-order valence-electron chi connectivity index (χ1n) is 12.4. The molecule has 9 nitrogen and oxygen atoms in total. The van der Waals surface area contributed by atoms with Crippen LogP contribution in [0.1, 0.15) is 42.6 Å². The zero-order chi connectivity index (χ0) is 26.2. The van der Waals surface area contributed by atoms with E-state index in [1.54, 1.807) is 19.5 Å². The summed E-state index contributed by atoms with van der Waals surface area (Å²) in [6.07, 6.45) is 3.43. The number of nitrogens with one attached hydrogen (secondary N) is 2. The van der Waals surface area contributed by atoms with E-state index in [9.17, 15) is 10.2 Å². The molecule has 1 saturated carbocycles. The number of aliphatic hydroxyl groups is 2. The third-order valence-corrected chi connectivity index (χ3v) is 8.02. The summed E-state index contributed by atoms with van der Waals surface area (Å²) >= 11 is 1.51. The summed E-state index contributed by atoms with van der Waals surface area (Å²) in [5, 5.41) is 29.7. The predicted octanol–water partition coefficient (Wildman–Crippen LogP) is 4.46. The Morgan fingerprint density at radius 1 is 1.16 bits per heavy atom. The van der Waals surface area contributed by atoms with Crippen LogP contribution in [0, 0.1) is 19.8 Å². The Bertz CT molecular complexity index is 1360. The molecule has 0 aliphatic heterocycles. The number of nitrogens with zero attached hydrogens (tertiary/aromatic N) is 4. The second kappa shape index (κ2) is 10.3. The molecule has 0 radical (unpaired) electrons. The summed E-state index contributed by atoms with van der Waals surface area (Å²) in [7, 11) is 1.60. The number of anilines is 2. The number of hydrogen-bond donors (Lipinski definition) is 4. The van der Waals surface area contributed by atoms with E-state index in [0.717, 1.165) is 15.8 Å². The van der Waals surface area contributed by atoms with Crippen LogP contribution in [-0.2, 0) is 4.74 Å². The first-order chi connectivity index (χ1) is 17.8. The SMILES string of the molecule is COCC1CCC(O)(Nc2nc(NC(C)c3ccc(C)cc3)nc(C)c2-c2nc3cnccc3s2)C1O. The molecule has 5 rings (SSSR count). The van der Waals surface area contributed by atoms with Gasteiger partial charge in [-0.15, -0.1) is 11.3 Å². The number of benzene rings is 1. The van der Waals surface area contributed by atoms with Crippen molar-refractivity contribution in [3.05, 3.63) is 59.5 Å². The molecule has 10 heteroatoms. The minimum Gasteiger partial charge on any atom is -0.388 e. The molecular weight excluding hydrogens is 488 g/mol. The molecule has 1 fully saturated rings. The van der Waals surface area contributed by atoms with E-state index in [-0.39, 0.29) is 12.0 Å². The van der Waals surface area contributed by atoms with Crippen molar-refractivity contribution in [3.8, 4) is 10.6 Å². The van der Waals surface area contributed by atoms with Gasteiger partial charge in [0.15, 0.2) is 5.72 Å². The quantitative estimate of drug-likeness (QED) is 0.249. The van der Waals surface area contributed by atoms with Gasteiger partial charge in [0.25, 0.3) is 0 Å². The van der Waals surface area contributed by atoms with Gasteiger partial charge in [0, 0.05) is 19.2 Å². The van der Waals surface area contributed by atoms with Gasteiger partial charge in [0.2, 0.25) is 5.95 Å². The maximum atomic E-state index is 11.5. The lowest BCUT2D eigenvalue weighted by atomic mass is 10.0. The Balaban J connectivity index is 1.54. The molecular formula is C27H32N6O3S. The van der Waals surface area contributed by atoms with Crippen molar-refractivity contribution in [1.29, 1.82) is 0 Å². The summed E-state index contributed by atoms with van der Waals surface area (Å²) in [4.78, 5) is 18.5. The number of methoxy groups -OCH3 is 1. The Labute approximate surface area is 220 Å². The molecule has 4 aromatic rings. The average Bonchev–Trinajstić information content (AvgIpc) is 3.41. The maximum absolute atomic E-state index is 11.5. The van der Waals surface area contributed by atoms with Crippen molar-refractivity contribution in [2.24, 2.45) is 5.92 Å². The molecule has 4 unspecified atom stereocenters. The molecule has 1 aliphatic rings. The summed E-state index contributed by atoms with van der Waals surface area (Å²) in [5.74, 6) is 0.656. The average molecular weight is 521 g/mol. The monoisotopic (exact) mass is 520 g/mol. The van der Waals surface area contributed by atoms with Crippen LogP contribution in [0.15, 0.2) is 42.7 Å². The number of pyridine rings is 1. The van der Waals surface area contributed by atoms with Crippen LogP contribution in [0.25, 0.3) is 20.8 Å². The largest absolute Gasteiger partial charge is 0.388 e. The lowest BCUT2D eigenvalue weighted by Crippen LogP contribution is -2.48. The maximum Gasteiger partial charge on any atom is 0.225 e. The molecule has 194 valence electrons. The molecule has 0 amide bonds. The second-order valence-electron chi connectivity index (χ2n) is 9.74. The fraction of sp³-hybridized carbons (Fsp3) is 0.407. The Hall–Kier alpha value is -3.18. The molecule has 1 aliphatic carbocycles. The van der Waals surface area contributed by atoms with Crippen LogP contribution >= 0.6 is 11.3 Å². The van der Waals surface area contributed by atoms with Crippen molar-refractivity contribution >= 4 is 33.3 Å². The van der Waals surface area contributed by atoms with Gasteiger partial charge in [-0.2, -0.15) is 4.98 Å². The number of thiazole rings is 1. The summed E-state index contributed by atoms with van der Waals surface area (Å²) < 4.78 is 6.24. The number of aliphatic hydroxyl groups excluding tert-OH is 1. The first-order valence-corrected chi connectivity index (χ1v) is 13.2. The predicted molar refractivity (Wildman–Crippen MR) is 146 cm³/mol. The molecule has 4 atom stereocenters.